The summed E-state index contributed by atoms with van der Waals surface area (Å²) >= 11 is 1.24. The molecule has 0 spiro atoms. The van der Waals surface area contributed by atoms with Crippen LogP contribution >= 0.6 is 11.3 Å². The molecule has 1 aromatic carbocycles. The van der Waals surface area contributed by atoms with E-state index >= 15 is 0 Å². The average Bonchev–Trinajstić information content (AvgIpc) is 3.31. The predicted octanol–water partition coefficient (Wildman–Crippen LogP) is 2.89. The van der Waals surface area contributed by atoms with Crippen LogP contribution in [0.4, 0.5) is 0 Å². The van der Waals surface area contributed by atoms with E-state index < -0.39 is 16.1 Å². The fourth-order valence-electron chi connectivity index (χ4n) is 3.50. The van der Waals surface area contributed by atoms with Gasteiger partial charge in [-0.05, 0) is 56.9 Å². The maximum absolute atomic E-state index is 12.9. The number of carbonyl (C=O) groups is 1. The lowest BCUT2D eigenvalue weighted by atomic mass is 10.1. The summed E-state index contributed by atoms with van der Waals surface area (Å²) in [5.41, 5.74) is 2.15. The Hall–Kier alpha value is -1.90. The van der Waals surface area contributed by atoms with Crippen LogP contribution in [-0.4, -0.2) is 44.9 Å². The molecule has 0 radical (unpaired) electrons. The molecule has 0 saturated carbocycles. The molecule has 1 amide bonds. The fourth-order valence-corrected chi connectivity index (χ4v) is 6.57. The van der Waals surface area contributed by atoms with E-state index in [0.29, 0.717) is 36.6 Å². The van der Waals surface area contributed by atoms with Crippen LogP contribution in [0.1, 0.15) is 28.8 Å². The highest BCUT2D eigenvalue weighted by Gasteiger charge is 2.39. The molecule has 1 aliphatic heterocycles. The third-order valence-corrected chi connectivity index (χ3v) is 8.29. The highest BCUT2D eigenvalue weighted by molar-refractivity contribution is 7.91. The van der Waals surface area contributed by atoms with Crippen LogP contribution in [0, 0.1) is 13.8 Å². The zero-order valence-electron chi connectivity index (χ0n) is 16.4. The molecule has 1 N–H and O–H groups in total. The largest absolute Gasteiger partial charge is 0.496 e. The quantitative estimate of drug-likeness (QED) is 0.744. The first-order chi connectivity index (χ1) is 13.3. The van der Waals surface area contributed by atoms with Gasteiger partial charge in [-0.2, -0.15) is 4.31 Å². The summed E-state index contributed by atoms with van der Waals surface area (Å²) in [7, 11) is -2.01. The van der Waals surface area contributed by atoms with Gasteiger partial charge < -0.3 is 10.1 Å². The molecule has 0 bridgehead atoms. The number of nitrogens with one attached hydrogen (secondary N) is 1. The van der Waals surface area contributed by atoms with E-state index in [2.05, 4.69) is 5.32 Å². The van der Waals surface area contributed by atoms with E-state index in [1.54, 1.807) is 19.2 Å². The molecule has 1 saturated heterocycles. The molecule has 3 rings (SSSR count). The molecule has 152 valence electrons. The molecule has 0 unspecified atom stereocenters. The minimum absolute atomic E-state index is 0.235. The van der Waals surface area contributed by atoms with Crippen LogP contribution in [0.3, 0.4) is 0 Å². The van der Waals surface area contributed by atoms with Crippen molar-refractivity contribution in [3.05, 3.63) is 46.3 Å². The molecule has 8 heteroatoms. The molecule has 0 aliphatic carbocycles. The second-order valence-corrected chi connectivity index (χ2v) is 10.4. The standard InChI is InChI=1S/C20H26N2O4S2/c1-14-6-8-18(26-3)16(13-14)10-11-21-20(23)17-5-4-12-22(17)28(24,25)19-9-7-15(2)27-19/h6-9,13,17H,4-5,10-12H2,1-3H3,(H,21,23)/t17-/m0/s1. The van der Waals surface area contributed by atoms with Gasteiger partial charge in [-0.3, -0.25) is 4.79 Å². The number of amides is 1. The molecule has 6 nitrogen and oxygen atoms in total. The van der Waals surface area contributed by atoms with Crippen molar-refractivity contribution in [3.8, 4) is 5.75 Å². The third-order valence-electron chi connectivity index (χ3n) is 4.91. The summed E-state index contributed by atoms with van der Waals surface area (Å²) in [5.74, 6) is 0.555. The number of aryl methyl sites for hydroxylation is 2. The highest BCUT2D eigenvalue weighted by atomic mass is 32.2. The van der Waals surface area contributed by atoms with Crippen LogP contribution in [0.2, 0.25) is 0 Å². The van der Waals surface area contributed by atoms with E-state index in [-0.39, 0.29) is 5.91 Å². The maximum Gasteiger partial charge on any atom is 0.253 e. The van der Waals surface area contributed by atoms with Gasteiger partial charge in [-0.1, -0.05) is 17.7 Å². The highest BCUT2D eigenvalue weighted by Crippen LogP contribution is 2.30. The van der Waals surface area contributed by atoms with Crippen LogP contribution < -0.4 is 10.1 Å². The van der Waals surface area contributed by atoms with Crippen LogP contribution in [0.15, 0.2) is 34.5 Å². The number of hydrogen-bond acceptors (Lipinski definition) is 5. The van der Waals surface area contributed by atoms with Crippen molar-refractivity contribution in [3.63, 3.8) is 0 Å². The van der Waals surface area contributed by atoms with Gasteiger partial charge in [0.15, 0.2) is 0 Å². The van der Waals surface area contributed by atoms with Gasteiger partial charge in [0, 0.05) is 18.0 Å². The first-order valence-corrected chi connectivity index (χ1v) is 11.6. The molecule has 1 fully saturated rings. The third kappa shape index (κ3) is 4.39. The van der Waals surface area contributed by atoms with Crippen molar-refractivity contribution in [2.45, 2.75) is 43.4 Å². The van der Waals surface area contributed by atoms with E-state index in [1.807, 2.05) is 32.0 Å². The predicted molar refractivity (Wildman–Crippen MR) is 110 cm³/mol. The number of sulfonamides is 1. The summed E-state index contributed by atoms with van der Waals surface area (Å²) in [6.45, 7) is 4.69. The van der Waals surface area contributed by atoms with Crippen molar-refractivity contribution in [1.29, 1.82) is 0 Å². The van der Waals surface area contributed by atoms with Gasteiger partial charge in [-0.15, -0.1) is 11.3 Å². The van der Waals surface area contributed by atoms with Gasteiger partial charge in [0.1, 0.15) is 16.0 Å². The Labute approximate surface area is 170 Å². The van der Waals surface area contributed by atoms with Gasteiger partial charge in [0.25, 0.3) is 10.0 Å². The Balaban J connectivity index is 1.65. The lowest BCUT2D eigenvalue weighted by Gasteiger charge is -2.22. The summed E-state index contributed by atoms with van der Waals surface area (Å²) in [5, 5.41) is 2.91. The molecular weight excluding hydrogens is 396 g/mol. The van der Waals surface area contributed by atoms with Crippen molar-refractivity contribution in [2.75, 3.05) is 20.2 Å². The van der Waals surface area contributed by atoms with Gasteiger partial charge in [-0.25, -0.2) is 8.42 Å². The fraction of sp³-hybridized carbons (Fsp3) is 0.450. The number of ether oxygens (including phenoxy) is 1. The second-order valence-electron chi connectivity index (χ2n) is 7.00. The first-order valence-electron chi connectivity index (χ1n) is 9.32. The average molecular weight is 423 g/mol. The number of carbonyl (C=O) groups excluding carboxylic acids is 1. The van der Waals surface area contributed by atoms with E-state index in [9.17, 15) is 13.2 Å². The summed E-state index contributed by atoms with van der Waals surface area (Å²) < 4.78 is 32.9. The zero-order valence-corrected chi connectivity index (χ0v) is 18.0. The normalized spacial score (nSPS) is 17.6. The first kappa shape index (κ1) is 20.8. The smallest absolute Gasteiger partial charge is 0.253 e. The Morgan fingerprint density at radius 1 is 1.29 bits per heavy atom. The number of benzene rings is 1. The van der Waals surface area contributed by atoms with Crippen molar-refractivity contribution < 1.29 is 17.9 Å². The Bertz CT molecular complexity index is 953. The Kier molecular flexibility index (Phi) is 6.42. The van der Waals surface area contributed by atoms with Crippen LogP contribution in [0.25, 0.3) is 0 Å². The van der Waals surface area contributed by atoms with Crippen LogP contribution in [0.5, 0.6) is 5.75 Å². The second kappa shape index (κ2) is 8.63. The van der Waals surface area contributed by atoms with E-state index in [1.165, 1.54) is 15.6 Å². The molecular formula is C20H26N2O4S2. The monoisotopic (exact) mass is 422 g/mol. The molecule has 28 heavy (non-hydrogen) atoms. The lowest BCUT2D eigenvalue weighted by Crippen LogP contribution is -2.46. The van der Waals surface area contributed by atoms with E-state index in [4.69, 9.17) is 4.74 Å². The lowest BCUT2D eigenvalue weighted by molar-refractivity contribution is -0.124. The molecule has 1 aromatic heterocycles. The maximum atomic E-state index is 12.9. The minimum atomic E-state index is -3.63. The number of rotatable bonds is 7. The topological polar surface area (TPSA) is 75.7 Å². The van der Waals surface area contributed by atoms with Gasteiger partial charge in [0.05, 0.1) is 7.11 Å². The number of thiophene rings is 1. The molecule has 2 aromatic rings. The summed E-state index contributed by atoms with van der Waals surface area (Å²) in [6.07, 6.45) is 1.86. The van der Waals surface area contributed by atoms with Crippen molar-refractivity contribution in [2.24, 2.45) is 0 Å². The zero-order chi connectivity index (χ0) is 20.3. The van der Waals surface area contributed by atoms with E-state index in [0.717, 1.165) is 21.8 Å². The SMILES string of the molecule is COc1ccc(C)cc1CCNC(=O)[C@@H]1CCCN1S(=O)(=O)c1ccc(C)s1. The Morgan fingerprint density at radius 3 is 2.75 bits per heavy atom. The summed E-state index contributed by atoms with van der Waals surface area (Å²) in [4.78, 5) is 13.6. The number of methoxy groups -OCH3 is 1. The molecule has 1 aliphatic rings. The number of hydrogen-bond donors (Lipinski definition) is 1. The van der Waals surface area contributed by atoms with Gasteiger partial charge >= 0.3 is 0 Å². The molecule has 1 atom stereocenters. The van der Waals surface area contributed by atoms with Gasteiger partial charge in [0.2, 0.25) is 5.91 Å². The van der Waals surface area contributed by atoms with Crippen LogP contribution in [-0.2, 0) is 21.2 Å². The summed E-state index contributed by atoms with van der Waals surface area (Å²) in [6, 6.07) is 8.70. The van der Waals surface area contributed by atoms with Crippen molar-refractivity contribution in [1.82, 2.24) is 9.62 Å². The Morgan fingerprint density at radius 2 is 2.07 bits per heavy atom. The minimum Gasteiger partial charge on any atom is -0.496 e. The number of nitrogens with zero attached hydrogens (tertiary/aromatic N) is 1. The van der Waals surface area contributed by atoms with Crippen molar-refractivity contribution >= 4 is 27.3 Å². The molecule has 2 heterocycles.